The topological polar surface area (TPSA) is 64.2 Å². The summed E-state index contributed by atoms with van der Waals surface area (Å²) in [6.07, 6.45) is 2.72. The molecule has 0 aliphatic carbocycles. The van der Waals surface area contributed by atoms with E-state index < -0.39 is 0 Å². The molecule has 33 heavy (non-hydrogen) atoms. The Morgan fingerprint density at radius 1 is 1.12 bits per heavy atom. The van der Waals surface area contributed by atoms with Crippen molar-refractivity contribution in [3.8, 4) is 22.6 Å². The third kappa shape index (κ3) is 4.38. The summed E-state index contributed by atoms with van der Waals surface area (Å²) in [5.74, 6) is 0.732. The molecular formula is C27H25ClN4O. The number of aromatic amines is 1. The van der Waals surface area contributed by atoms with Crippen molar-refractivity contribution in [2.24, 2.45) is 0 Å². The highest BCUT2D eigenvalue weighted by Gasteiger charge is 2.20. The Morgan fingerprint density at radius 3 is 2.79 bits per heavy atom. The molecule has 0 radical (unpaired) electrons. The van der Waals surface area contributed by atoms with Gasteiger partial charge in [0.15, 0.2) is 0 Å². The summed E-state index contributed by atoms with van der Waals surface area (Å²) in [5, 5.41) is 13.6. The van der Waals surface area contributed by atoms with E-state index in [9.17, 15) is 5.11 Å². The van der Waals surface area contributed by atoms with Gasteiger partial charge in [-0.05, 0) is 47.4 Å². The summed E-state index contributed by atoms with van der Waals surface area (Å²) >= 11 is 6.54. The first-order valence-electron chi connectivity index (χ1n) is 10.9. The zero-order chi connectivity index (χ0) is 22.8. The van der Waals surface area contributed by atoms with E-state index in [1.54, 1.807) is 0 Å². The molecule has 5 rings (SSSR count). The maximum atomic E-state index is 9.42. The van der Waals surface area contributed by atoms with Crippen molar-refractivity contribution in [3.63, 3.8) is 0 Å². The lowest BCUT2D eigenvalue weighted by Gasteiger charge is -2.32. The minimum atomic E-state index is -0.0143. The molecule has 6 heteroatoms. The Kier molecular flexibility index (Phi) is 5.90. The fraction of sp³-hybridized carbons (Fsp3) is 0.148. The molecule has 0 amide bonds. The molecule has 0 spiro atoms. The van der Waals surface area contributed by atoms with Crippen molar-refractivity contribution in [1.82, 2.24) is 14.9 Å². The van der Waals surface area contributed by atoms with E-state index in [4.69, 9.17) is 11.6 Å². The minimum absolute atomic E-state index is 0.0143. The first kappa shape index (κ1) is 21.3. The van der Waals surface area contributed by atoms with Crippen molar-refractivity contribution in [1.29, 1.82) is 0 Å². The summed E-state index contributed by atoms with van der Waals surface area (Å²) in [4.78, 5) is 10.1. The second-order valence-corrected chi connectivity index (χ2v) is 8.58. The van der Waals surface area contributed by atoms with Gasteiger partial charge in [0.2, 0.25) is 0 Å². The van der Waals surface area contributed by atoms with Crippen LogP contribution in [-0.2, 0) is 13.0 Å². The van der Waals surface area contributed by atoms with E-state index in [0.717, 1.165) is 59.2 Å². The number of nitrogens with zero attached hydrogens (tertiary/aromatic N) is 2. The molecule has 5 nitrogen and oxygen atoms in total. The van der Waals surface area contributed by atoms with Crippen molar-refractivity contribution >= 4 is 23.0 Å². The Labute approximate surface area is 198 Å². The molecule has 1 aliphatic rings. The van der Waals surface area contributed by atoms with E-state index in [-0.39, 0.29) is 6.61 Å². The lowest BCUT2D eigenvalue weighted by atomic mass is 9.97. The van der Waals surface area contributed by atoms with Crippen LogP contribution in [0.25, 0.3) is 22.6 Å². The van der Waals surface area contributed by atoms with E-state index in [2.05, 4.69) is 45.0 Å². The first-order valence-corrected chi connectivity index (χ1v) is 11.3. The van der Waals surface area contributed by atoms with Crippen molar-refractivity contribution < 1.29 is 5.11 Å². The van der Waals surface area contributed by atoms with Gasteiger partial charge < -0.3 is 20.3 Å². The Balaban J connectivity index is 1.41. The van der Waals surface area contributed by atoms with Gasteiger partial charge in [-0.1, -0.05) is 60.6 Å². The molecule has 0 unspecified atom stereocenters. The van der Waals surface area contributed by atoms with Gasteiger partial charge in [-0.15, -0.1) is 0 Å². The molecule has 2 heterocycles. The number of imidazole rings is 1. The highest BCUT2D eigenvalue weighted by molar-refractivity contribution is 6.33. The maximum Gasteiger partial charge on any atom is 0.139 e. The summed E-state index contributed by atoms with van der Waals surface area (Å²) in [5.41, 5.74) is 8.20. The summed E-state index contributed by atoms with van der Waals surface area (Å²) in [6.45, 7) is 5.55. The van der Waals surface area contributed by atoms with Crippen LogP contribution in [-0.4, -0.2) is 33.1 Å². The quantitative estimate of drug-likeness (QED) is 0.332. The molecular weight excluding hydrogens is 432 g/mol. The molecule has 0 bridgehead atoms. The maximum absolute atomic E-state index is 9.42. The Bertz CT molecular complexity index is 1300. The number of hydrogen-bond acceptors (Lipinski definition) is 4. The Hall–Kier alpha value is -3.54. The fourth-order valence-corrected chi connectivity index (χ4v) is 4.47. The zero-order valence-electron chi connectivity index (χ0n) is 18.2. The van der Waals surface area contributed by atoms with Crippen LogP contribution in [0.4, 0.5) is 11.4 Å². The average molecular weight is 457 g/mol. The average Bonchev–Trinajstić information content (AvgIpc) is 3.35. The van der Waals surface area contributed by atoms with Crippen LogP contribution < -0.4 is 5.32 Å². The number of H-pyrrole nitrogens is 1. The van der Waals surface area contributed by atoms with Gasteiger partial charge in [0.1, 0.15) is 5.82 Å². The predicted molar refractivity (Wildman–Crippen MR) is 135 cm³/mol. The number of hydrogen-bond donors (Lipinski definition) is 3. The third-order valence-electron chi connectivity index (χ3n) is 6.06. The van der Waals surface area contributed by atoms with E-state index >= 15 is 0 Å². The summed E-state index contributed by atoms with van der Waals surface area (Å²) in [7, 11) is 0. The highest BCUT2D eigenvalue weighted by Crippen LogP contribution is 2.34. The monoisotopic (exact) mass is 456 g/mol. The number of fused-ring (bicyclic) bond motifs is 1. The summed E-state index contributed by atoms with van der Waals surface area (Å²) in [6, 6.07) is 22.3. The minimum Gasteiger partial charge on any atom is -0.390 e. The van der Waals surface area contributed by atoms with E-state index in [1.165, 1.54) is 11.1 Å². The van der Waals surface area contributed by atoms with E-state index in [0.29, 0.717) is 5.02 Å². The Morgan fingerprint density at radius 2 is 1.97 bits per heavy atom. The van der Waals surface area contributed by atoms with Crippen molar-refractivity contribution in [3.05, 3.63) is 101 Å². The molecule has 166 valence electrons. The number of benzene rings is 3. The molecule has 0 saturated heterocycles. The molecule has 0 saturated carbocycles. The lowest BCUT2D eigenvalue weighted by molar-refractivity contribution is 0.242. The van der Waals surface area contributed by atoms with Crippen LogP contribution >= 0.6 is 11.6 Å². The number of nitrogens with one attached hydrogen (secondary N) is 2. The smallest absolute Gasteiger partial charge is 0.139 e. The van der Waals surface area contributed by atoms with Crippen molar-refractivity contribution in [2.45, 2.75) is 13.0 Å². The summed E-state index contributed by atoms with van der Waals surface area (Å²) < 4.78 is 0. The SMILES string of the molecule is C=C(CO)N1CCc2c(cccc2Nc2ccc(Cl)c(-c3ncc(-c4ccccc4)[nH]3)c2)C1. The third-order valence-corrected chi connectivity index (χ3v) is 6.39. The number of rotatable bonds is 6. The van der Waals surface area contributed by atoms with Gasteiger partial charge in [0.05, 0.1) is 23.5 Å². The fourth-order valence-electron chi connectivity index (χ4n) is 4.26. The van der Waals surface area contributed by atoms with Gasteiger partial charge in [-0.3, -0.25) is 0 Å². The molecule has 3 N–H and O–H groups in total. The number of aliphatic hydroxyl groups excluding tert-OH is 1. The standard InChI is InChI=1S/C27H25ClN4O/c1-18(17-33)32-13-12-22-20(16-32)8-5-9-25(22)30-21-10-11-24(28)23(14-21)27-29-15-26(31-27)19-6-3-2-4-7-19/h2-11,14-15,30,33H,1,12-13,16-17H2,(H,29,31). The number of aliphatic hydroxyl groups is 1. The van der Waals surface area contributed by atoms with Gasteiger partial charge >= 0.3 is 0 Å². The second-order valence-electron chi connectivity index (χ2n) is 8.17. The molecule has 0 fully saturated rings. The number of halogens is 1. The number of aromatic nitrogens is 2. The molecule has 1 aromatic heterocycles. The lowest BCUT2D eigenvalue weighted by Crippen LogP contribution is -2.31. The van der Waals surface area contributed by atoms with Crippen LogP contribution in [0, 0.1) is 0 Å². The zero-order valence-corrected chi connectivity index (χ0v) is 18.9. The van der Waals surface area contributed by atoms with Gasteiger partial charge in [0.25, 0.3) is 0 Å². The van der Waals surface area contributed by atoms with Crippen molar-refractivity contribution in [2.75, 3.05) is 18.5 Å². The van der Waals surface area contributed by atoms with Crippen LogP contribution in [0.15, 0.2) is 85.2 Å². The normalized spacial score (nSPS) is 13.0. The largest absolute Gasteiger partial charge is 0.390 e. The van der Waals surface area contributed by atoms with Crippen LogP contribution in [0.1, 0.15) is 11.1 Å². The predicted octanol–water partition coefficient (Wildman–Crippen LogP) is 6.00. The van der Waals surface area contributed by atoms with Gasteiger partial charge in [-0.2, -0.15) is 0 Å². The van der Waals surface area contributed by atoms with E-state index in [1.807, 2.05) is 54.7 Å². The molecule has 4 aromatic rings. The number of anilines is 2. The van der Waals surface area contributed by atoms with Gasteiger partial charge in [-0.25, -0.2) is 4.98 Å². The second kappa shape index (κ2) is 9.14. The molecule has 1 aliphatic heterocycles. The highest BCUT2D eigenvalue weighted by atomic mass is 35.5. The molecule has 0 atom stereocenters. The van der Waals surface area contributed by atoms with Crippen LogP contribution in [0.2, 0.25) is 5.02 Å². The van der Waals surface area contributed by atoms with Crippen LogP contribution in [0.5, 0.6) is 0 Å². The van der Waals surface area contributed by atoms with Gasteiger partial charge in [0, 0.05) is 35.7 Å². The van der Waals surface area contributed by atoms with Crippen LogP contribution in [0.3, 0.4) is 0 Å². The first-order chi connectivity index (χ1) is 16.1. The molecule has 3 aromatic carbocycles.